The molecule has 0 heterocycles. The highest BCUT2D eigenvalue weighted by molar-refractivity contribution is 7.89. The van der Waals surface area contributed by atoms with Gasteiger partial charge in [0.05, 0.1) is 10.9 Å². The van der Waals surface area contributed by atoms with Crippen molar-refractivity contribution in [1.82, 2.24) is 9.21 Å². The van der Waals surface area contributed by atoms with Gasteiger partial charge in [-0.1, -0.05) is 35.3 Å². The predicted octanol–water partition coefficient (Wildman–Crippen LogP) is 4.08. The summed E-state index contributed by atoms with van der Waals surface area (Å²) in [5.74, 6) is -0.306. The number of hydrogen-bond donors (Lipinski definition) is 0. The highest BCUT2D eigenvalue weighted by Gasteiger charge is 2.23. The van der Waals surface area contributed by atoms with Crippen molar-refractivity contribution in [2.45, 2.75) is 17.9 Å². The van der Waals surface area contributed by atoms with Crippen molar-refractivity contribution in [2.24, 2.45) is 0 Å². The van der Waals surface area contributed by atoms with E-state index in [-0.39, 0.29) is 22.4 Å². The third kappa shape index (κ3) is 4.20. The van der Waals surface area contributed by atoms with Crippen molar-refractivity contribution < 1.29 is 13.2 Å². The van der Waals surface area contributed by atoms with E-state index < -0.39 is 10.0 Å². The Morgan fingerprint density at radius 1 is 1.04 bits per heavy atom. The molecular formula is C18H20Cl2N2O3S. The standard InChI is InChI=1S/C18H20Cl2N2O3S/c1-12(16-9-8-14(19)11-17(16)20)22(4)18(23)13-6-5-7-15(10-13)26(24,25)21(2)3/h5-12H,1-4H3. The van der Waals surface area contributed by atoms with E-state index in [1.807, 2.05) is 6.92 Å². The van der Waals surface area contributed by atoms with Gasteiger partial charge < -0.3 is 4.90 Å². The number of amides is 1. The Balaban J connectivity index is 2.34. The number of nitrogens with zero attached hydrogens (tertiary/aromatic N) is 2. The molecule has 0 bridgehead atoms. The van der Waals surface area contributed by atoms with Crippen LogP contribution < -0.4 is 0 Å². The average Bonchev–Trinajstić information content (AvgIpc) is 2.59. The molecule has 8 heteroatoms. The maximum atomic E-state index is 12.8. The number of carbonyl (C=O) groups excluding carboxylic acids is 1. The molecule has 2 aromatic carbocycles. The van der Waals surface area contributed by atoms with Gasteiger partial charge in [-0.2, -0.15) is 0 Å². The molecule has 140 valence electrons. The van der Waals surface area contributed by atoms with Crippen LogP contribution in [0.2, 0.25) is 10.0 Å². The van der Waals surface area contributed by atoms with Gasteiger partial charge in [0.25, 0.3) is 5.91 Å². The minimum atomic E-state index is -3.62. The number of sulfonamides is 1. The topological polar surface area (TPSA) is 57.7 Å². The van der Waals surface area contributed by atoms with Crippen LogP contribution in [0.4, 0.5) is 0 Å². The highest BCUT2D eigenvalue weighted by Crippen LogP contribution is 2.30. The van der Waals surface area contributed by atoms with Crippen LogP contribution in [-0.2, 0) is 10.0 Å². The molecule has 1 unspecified atom stereocenters. The lowest BCUT2D eigenvalue weighted by molar-refractivity contribution is 0.0742. The molecule has 0 aliphatic rings. The first-order valence-electron chi connectivity index (χ1n) is 7.80. The molecule has 0 radical (unpaired) electrons. The van der Waals surface area contributed by atoms with E-state index in [0.717, 1.165) is 9.87 Å². The van der Waals surface area contributed by atoms with Crippen molar-refractivity contribution in [1.29, 1.82) is 0 Å². The molecule has 1 atom stereocenters. The van der Waals surface area contributed by atoms with Gasteiger partial charge in [0.15, 0.2) is 0 Å². The van der Waals surface area contributed by atoms with E-state index in [1.54, 1.807) is 37.4 Å². The second-order valence-electron chi connectivity index (χ2n) is 6.07. The van der Waals surface area contributed by atoms with Crippen LogP contribution in [0, 0.1) is 0 Å². The van der Waals surface area contributed by atoms with Crippen LogP contribution in [0.3, 0.4) is 0 Å². The molecule has 2 aromatic rings. The molecule has 0 aliphatic carbocycles. The Labute approximate surface area is 164 Å². The van der Waals surface area contributed by atoms with Gasteiger partial charge in [0.2, 0.25) is 10.0 Å². The largest absolute Gasteiger partial charge is 0.335 e. The van der Waals surface area contributed by atoms with Crippen LogP contribution in [0.1, 0.15) is 28.9 Å². The molecule has 0 saturated heterocycles. The van der Waals surface area contributed by atoms with Crippen molar-refractivity contribution >= 4 is 39.1 Å². The molecule has 0 N–H and O–H groups in total. The molecule has 26 heavy (non-hydrogen) atoms. The Kier molecular flexibility index (Phi) is 6.34. The van der Waals surface area contributed by atoms with Gasteiger partial charge in [-0.25, -0.2) is 12.7 Å². The van der Waals surface area contributed by atoms with E-state index in [1.165, 1.54) is 31.1 Å². The third-order valence-corrected chi connectivity index (χ3v) is 6.55. The fourth-order valence-corrected chi connectivity index (χ4v) is 3.94. The number of halogens is 2. The zero-order valence-corrected chi connectivity index (χ0v) is 17.2. The average molecular weight is 415 g/mol. The van der Waals surface area contributed by atoms with Crippen LogP contribution >= 0.6 is 23.2 Å². The number of carbonyl (C=O) groups is 1. The van der Waals surface area contributed by atoms with Gasteiger partial charge in [0.1, 0.15) is 0 Å². The summed E-state index contributed by atoms with van der Waals surface area (Å²) < 4.78 is 25.7. The summed E-state index contributed by atoms with van der Waals surface area (Å²) in [5, 5.41) is 0.982. The lowest BCUT2D eigenvalue weighted by atomic mass is 10.1. The Bertz CT molecular complexity index is 930. The van der Waals surface area contributed by atoms with Crippen LogP contribution in [0.25, 0.3) is 0 Å². The Morgan fingerprint density at radius 3 is 2.27 bits per heavy atom. The maximum Gasteiger partial charge on any atom is 0.254 e. The summed E-state index contributed by atoms with van der Waals surface area (Å²) in [6, 6.07) is 10.8. The molecule has 0 aliphatic heterocycles. The van der Waals surface area contributed by atoms with Gasteiger partial charge in [-0.15, -0.1) is 0 Å². The molecule has 0 fully saturated rings. The molecule has 5 nitrogen and oxygen atoms in total. The van der Waals surface area contributed by atoms with E-state index in [0.29, 0.717) is 10.0 Å². The third-order valence-electron chi connectivity index (χ3n) is 4.17. The lowest BCUT2D eigenvalue weighted by Crippen LogP contribution is -2.30. The van der Waals surface area contributed by atoms with Crippen LogP contribution in [0.5, 0.6) is 0 Å². The lowest BCUT2D eigenvalue weighted by Gasteiger charge is -2.26. The smallest absolute Gasteiger partial charge is 0.254 e. The minimum absolute atomic E-state index is 0.0685. The molecule has 1 amide bonds. The fourth-order valence-electron chi connectivity index (χ4n) is 2.43. The number of hydrogen-bond acceptors (Lipinski definition) is 3. The Hall–Kier alpha value is -1.60. The maximum absolute atomic E-state index is 12.8. The van der Waals surface area contributed by atoms with Crippen molar-refractivity contribution in [3.8, 4) is 0 Å². The first-order valence-corrected chi connectivity index (χ1v) is 10.00. The first kappa shape index (κ1) is 20.7. The summed E-state index contributed by atoms with van der Waals surface area (Å²) in [7, 11) is 0.918. The van der Waals surface area contributed by atoms with Crippen LogP contribution in [-0.4, -0.2) is 44.7 Å². The summed E-state index contributed by atoms with van der Waals surface area (Å²) in [4.78, 5) is 14.4. The van der Waals surface area contributed by atoms with Gasteiger partial charge in [-0.05, 0) is 42.8 Å². The zero-order chi connectivity index (χ0) is 19.6. The number of rotatable bonds is 5. The summed E-state index contributed by atoms with van der Waals surface area (Å²) in [5.41, 5.74) is 1.04. The van der Waals surface area contributed by atoms with Gasteiger partial charge in [-0.3, -0.25) is 4.79 Å². The van der Waals surface area contributed by atoms with E-state index in [2.05, 4.69) is 0 Å². The minimum Gasteiger partial charge on any atom is -0.335 e. The van der Waals surface area contributed by atoms with Crippen molar-refractivity contribution in [3.05, 3.63) is 63.6 Å². The molecule has 0 saturated carbocycles. The van der Waals surface area contributed by atoms with Crippen molar-refractivity contribution in [2.75, 3.05) is 21.1 Å². The van der Waals surface area contributed by atoms with E-state index in [9.17, 15) is 13.2 Å². The normalized spacial score (nSPS) is 12.9. The summed E-state index contributed by atoms with van der Waals surface area (Å²) in [6.07, 6.45) is 0. The quantitative estimate of drug-likeness (QED) is 0.740. The van der Waals surface area contributed by atoms with Crippen molar-refractivity contribution in [3.63, 3.8) is 0 Å². The highest BCUT2D eigenvalue weighted by atomic mass is 35.5. The van der Waals surface area contributed by atoms with E-state index >= 15 is 0 Å². The fraction of sp³-hybridized carbons (Fsp3) is 0.278. The second-order valence-corrected chi connectivity index (χ2v) is 9.07. The first-order chi connectivity index (χ1) is 12.1. The SMILES string of the molecule is CC(c1ccc(Cl)cc1Cl)N(C)C(=O)c1cccc(S(=O)(=O)N(C)C)c1. The molecular weight excluding hydrogens is 395 g/mol. The number of benzene rings is 2. The molecule has 0 aromatic heterocycles. The summed E-state index contributed by atoms with van der Waals surface area (Å²) >= 11 is 12.2. The monoisotopic (exact) mass is 414 g/mol. The molecule has 0 spiro atoms. The summed E-state index contributed by atoms with van der Waals surface area (Å²) in [6.45, 7) is 1.84. The molecule has 2 rings (SSSR count). The second kappa shape index (κ2) is 7.96. The predicted molar refractivity (Wildman–Crippen MR) is 104 cm³/mol. The van der Waals surface area contributed by atoms with Crippen LogP contribution in [0.15, 0.2) is 47.4 Å². The van der Waals surface area contributed by atoms with E-state index in [4.69, 9.17) is 23.2 Å². The Morgan fingerprint density at radius 2 is 1.69 bits per heavy atom. The zero-order valence-electron chi connectivity index (χ0n) is 14.9. The van der Waals surface area contributed by atoms with Gasteiger partial charge in [0, 0.05) is 36.8 Å². The van der Waals surface area contributed by atoms with Gasteiger partial charge >= 0.3 is 0 Å².